The Balaban J connectivity index is 2.66. The summed E-state index contributed by atoms with van der Waals surface area (Å²) in [6.07, 6.45) is 2.01. The molecule has 16 heavy (non-hydrogen) atoms. The standard InChI is InChI=1S/C7H11N3O5S/c1-16(13,14)15-3-2-10-6(8)5(4-9-10)7(11)12/h4H,2-3,8H2,1H3,(H,11,12). The van der Waals surface area contributed by atoms with E-state index < -0.39 is 16.1 Å². The second-order valence-corrected chi connectivity index (χ2v) is 4.64. The van der Waals surface area contributed by atoms with E-state index in [4.69, 9.17) is 10.8 Å². The molecule has 1 aromatic rings. The first-order valence-electron chi connectivity index (χ1n) is 4.20. The highest BCUT2D eigenvalue weighted by Gasteiger charge is 2.13. The van der Waals surface area contributed by atoms with Gasteiger partial charge in [0.15, 0.2) is 0 Å². The lowest BCUT2D eigenvalue weighted by molar-refractivity contribution is 0.0698. The van der Waals surface area contributed by atoms with Crippen molar-refractivity contribution >= 4 is 21.9 Å². The van der Waals surface area contributed by atoms with Gasteiger partial charge in [-0.2, -0.15) is 13.5 Å². The van der Waals surface area contributed by atoms with Crippen molar-refractivity contribution in [3.05, 3.63) is 11.8 Å². The predicted molar refractivity (Wildman–Crippen MR) is 54.4 cm³/mol. The quantitative estimate of drug-likeness (QED) is 0.650. The zero-order chi connectivity index (χ0) is 12.3. The molecule has 1 rings (SSSR count). The highest BCUT2D eigenvalue weighted by Crippen LogP contribution is 2.10. The predicted octanol–water partition coefficient (Wildman–Crippen LogP) is -0.860. The third-order valence-corrected chi connectivity index (χ3v) is 2.31. The lowest BCUT2D eigenvalue weighted by atomic mass is 10.3. The molecule has 8 nitrogen and oxygen atoms in total. The van der Waals surface area contributed by atoms with Gasteiger partial charge in [-0.1, -0.05) is 0 Å². The third kappa shape index (κ3) is 3.21. The van der Waals surface area contributed by atoms with E-state index in [1.807, 2.05) is 0 Å². The lowest BCUT2D eigenvalue weighted by Gasteiger charge is -2.04. The molecule has 0 aromatic carbocycles. The Labute approximate surface area is 91.7 Å². The van der Waals surface area contributed by atoms with Gasteiger partial charge in [0, 0.05) is 0 Å². The van der Waals surface area contributed by atoms with Crippen molar-refractivity contribution in [3.8, 4) is 0 Å². The number of nitrogen functional groups attached to an aromatic ring is 1. The summed E-state index contributed by atoms with van der Waals surface area (Å²) in [7, 11) is -3.51. The maximum absolute atomic E-state index is 10.6. The van der Waals surface area contributed by atoms with Crippen LogP contribution in [0.2, 0.25) is 0 Å². The Morgan fingerprint density at radius 2 is 2.31 bits per heavy atom. The van der Waals surface area contributed by atoms with Crippen molar-refractivity contribution in [2.45, 2.75) is 6.54 Å². The molecule has 9 heteroatoms. The maximum Gasteiger partial charge on any atom is 0.341 e. The minimum Gasteiger partial charge on any atom is -0.477 e. The Morgan fingerprint density at radius 1 is 1.69 bits per heavy atom. The first-order valence-corrected chi connectivity index (χ1v) is 6.02. The number of hydrogen-bond acceptors (Lipinski definition) is 6. The number of nitrogens with zero attached hydrogens (tertiary/aromatic N) is 2. The second-order valence-electron chi connectivity index (χ2n) is 3.00. The highest BCUT2D eigenvalue weighted by molar-refractivity contribution is 7.85. The maximum atomic E-state index is 10.6. The van der Waals surface area contributed by atoms with Gasteiger partial charge in [-0.15, -0.1) is 0 Å². The van der Waals surface area contributed by atoms with Crippen LogP contribution in [-0.2, 0) is 20.8 Å². The van der Waals surface area contributed by atoms with Crippen LogP contribution in [0.5, 0.6) is 0 Å². The molecule has 0 spiro atoms. The minimum absolute atomic E-state index is 0.0374. The molecule has 0 atom stereocenters. The molecule has 0 aliphatic rings. The molecule has 1 aromatic heterocycles. The summed E-state index contributed by atoms with van der Waals surface area (Å²) in [5.74, 6) is -1.22. The summed E-state index contributed by atoms with van der Waals surface area (Å²) in [5, 5.41) is 12.4. The van der Waals surface area contributed by atoms with Crippen molar-refractivity contribution in [1.82, 2.24) is 9.78 Å². The first-order chi connectivity index (χ1) is 7.31. The van der Waals surface area contributed by atoms with Gasteiger partial charge in [-0.3, -0.25) is 4.18 Å². The lowest BCUT2D eigenvalue weighted by Crippen LogP contribution is -2.13. The SMILES string of the molecule is CS(=O)(=O)OCCn1ncc(C(=O)O)c1N. The second kappa shape index (κ2) is 4.49. The number of rotatable bonds is 5. The Bertz CT molecular complexity index is 492. The van der Waals surface area contributed by atoms with Crippen molar-refractivity contribution < 1.29 is 22.5 Å². The smallest absolute Gasteiger partial charge is 0.341 e. The molecular formula is C7H11N3O5S. The van der Waals surface area contributed by atoms with Crippen LogP contribution in [-0.4, -0.2) is 42.1 Å². The van der Waals surface area contributed by atoms with Gasteiger partial charge in [-0.05, 0) is 0 Å². The van der Waals surface area contributed by atoms with Crippen LogP contribution in [0.4, 0.5) is 5.82 Å². The summed E-state index contributed by atoms with van der Waals surface area (Å²) in [4.78, 5) is 10.6. The number of anilines is 1. The van der Waals surface area contributed by atoms with Crippen molar-refractivity contribution in [2.24, 2.45) is 0 Å². The number of aromatic carboxylic acids is 1. The van der Waals surface area contributed by atoms with E-state index in [1.54, 1.807) is 0 Å². The third-order valence-electron chi connectivity index (χ3n) is 1.71. The van der Waals surface area contributed by atoms with E-state index >= 15 is 0 Å². The fourth-order valence-corrected chi connectivity index (χ4v) is 1.39. The molecule has 0 amide bonds. The fourth-order valence-electron chi connectivity index (χ4n) is 1.01. The molecule has 0 aliphatic carbocycles. The number of carboxylic acid groups (broad SMARTS) is 1. The summed E-state index contributed by atoms with van der Waals surface area (Å²) in [6, 6.07) is 0. The number of nitrogens with two attached hydrogens (primary N) is 1. The largest absolute Gasteiger partial charge is 0.477 e. The average molecular weight is 249 g/mol. The van der Waals surface area contributed by atoms with Crippen LogP contribution in [0.3, 0.4) is 0 Å². The molecule has 0 saturated carbocycles. The number of hydrogen-bond donors (Lipinski definition) is 2. The van der Waals surface area contributed by atoms with Crippen LogP contribution in [0, 0.1) is 0 Å². The summed E-state index contributed by atoms with van der Waals surface area (Å²) < 4.78 is 26.9. The molecule has 0 fully saturated rings. The minimum atomic E-state index is -3.51. The van der Waals surface area contributed by atoms with E-state index in [1.165, 1.54) is 0 Å². The van der Waals surface area contributed by atoms with Crippen molar-refractivity contribution in [1.29, 1.82) is 0 Å². The van der Waals surface area contributed by atoms with Gasteiger partial charge in [0.25, 0.3) is 10.1 Å². The van der Waals surface area contributed by atoms with E-state index in [2.05, 4.69) is 9.28 Å². The van der Waals surface area contributed by atoms with Gasteiger partial charge < -0.3 is 10.8 Å². The van der Waals surface area contributed by atoms with Crippen molar-refractivity contribution in [3.63, 3.8) is 0 Å². The van der Waals surface area contributed by atoms with Gasteiger partial charge in [-0.25, -0.2) is 9.48 Å². The Morgan fingerprint density at radius 3 is 2.75 bits per heavy atom. The number of carboxylic acids is 1. The van der Waals surface area contributed by atoms with Crippen LogP contribution in [0.1, 0.15) is 10.4 Å². The van der Waals surface area contributed by atoms with E-state index in [-0.39, 0.29) is 24.5 Å². The number of aromatic nitrogens is 2. The molecule has 0 aliphatic heterocycles. The molecular weight excluding hydrogens is 238 g/mol. The van der Waals surface area contributed by atoms with Crippen LogP contribution >= 0.6 is 0 Å². The van der Waals surface area contributed by atoms with E-state index in [9.17, 15) is 13.2 Å². The van der Waals surface area contributed by atoms with Gasteiger partial charge >= 0.3 is 5.97 Å². The topological polar surface area (TPSA) is 125 Å². The van der Waals surface area contributed by atoms with Gasteiger partial charge in [0.2, 0.25) is 0 Å². The molecule has 0 saturated heterocycles. The fraction of sp³-hybridized carbons (Fsp3) is 0.429. The Hall–Kier alpha value is -1.61. The highest BCUT2D eigenvalue weighted by atomic mass is 32.2. The zero-order valence-corrected chi connectivity index (χ0v) is 9.27. The molecule has 1 heterocycles. The van der Waals surface area contributed by atoms with E-state index in [0.717, 1.165) is 17.1 Å². The Kier molecular flexibility index (Phi) is 3.50. The monoisotopic (exact) mass is 249 g/mol. The molecule has 0 unspecified atom stereocenters. The number of carbonyl (C=O) groups is 1. The summed E-state index contributed by atoms with van der Waals surface area (Å²) in [6.45, 7) is -0.0873. The van der Waals surface area contributed by atoms with Gasteiger partial charge in [0.05, 0.1) is 25.6 Å². The first kappa shape index (κ1) is 12.5. The average Bonchev–Trinajstić information content (AvgIpc) is 2.46. The van der Waals surface area contributed by atoms with Crippen molar-refractivity contribution in [2.75, 3.05) is 18.6 Å². The van der Waals surface area contributed by atoms with Crippen LogP contribution in [0.25, 0.3) is 0 Å². The van der Waals surface area contributed by atoms with Crippen LogP contribution < -0.4 is 5.73 Å². The van der Waals surface area contributed by atoms with Gasteiger partial charge in [0.1, 0.15) is 11.4 Å². The summed E-state index contributed by atoms with van der Waals surface area (Å²) in [5.41, 5.74) is 5.34. The molecule has 0 radical (unpaired) electrons. The summed E-state index contributed by atoms with van der Waals surface area (Å²) >= 11 is 0. The molecule has 90 valence electrons. The normalized spacial score (nSPS) is 11.6. The molecule has 0 bridgehead atoms. The zero-order valence-electron chi connectivity index (χ0n) is 8.45. The van der Waals surface area contributed by atoms with E-state index in [0.29, 0.717) is 0 Å². The molecule has 3 N–H and O–H groups in total. The van der Waals surface area contributed by atoms with Crippen LogP contribution in [0.15, 0.2) is 6.20 Å².